The first-order valence-electron chi connectivity index (χ1n) is 5.06. The molecule has 0 amide bonds. The fourth-order valence-electron chi connectivity index (χ4n) is 1.46. The van der Waals surface area contributed by atoms with Crippen molar-refractivity contribution in [2.75, 3.05) is 0 Å². The molecule has 0 aliphatic carbocycles. The zero-order chi connectivity index (χ0) is 9.52. The summed E-state index contributed by atoms with van der Waals surface area (Å²) in [6.45, 7) is 4.53. The summed E-state index contributed by atoms with van der Waals surface area (Å²) in [5, 5.41) is 3.87. The molecule has 1 heterocycles. The van der Waals surface area contributed by atoms with Crippen LogP contribution in [0.15, 0.2) is 23.0 Å². The number of hydrogen-bond donors (Lipinski definition) is 1. The van der Waals surface area contributed by atoms with Gasteiger partial charge in [0, 0.05) is 17.6 Å². The van der Waals surface area contributed by atoms with Crippen LogP contribution in [0, 0.1) is 5.92 Å². The summed E-state index contributed by atoms with van der Waals surface area (Å²) >= 11 is 0. The highest BCUT2D eigenvalue weighted by molar-refractivity contribution is 5.56. The number of allylic oxidation sites excluding steroid dienone is 3. The monoisotopic (exact) mass is 178 g/mol. The standard InChI is InChI=1S/C11H18N2/c1-3-4-6-10(2)9-11-7-5-8-12-13-11/h5,7,10,13H,3-4,6,9H2,1-2H3. The molecule has 1 aliphatic rings. The minimum Gasteiger partial charge on any atom is -0.274 e. The Hall–Kier alpha value is -1.01. The third-order valence-corrected chi connectivity index (χ3v) is 2.24. The second kappa shape index (κ2) is 5.60. The highest BCUT2D eigenvalue weighted by Gasteiger charge is 2.05. The summed E-state index contributed by atoms with van der Waals surface area (Å²) in [6, 6.07) is 0. The molecule has 0 aromatic heterocycles. The van der Waals surface area contributed by atoms with Crippen molar-refractivity contribution in [1.82, 2.24) is 5.43 Å². The Morgan fingerprint density at radius 2 is 2.46 bits per heavy atom. The van der Waals surface area contributed by atoms with E-state index >= 15 is 0 Å². The van der Waals surface area contributed by atoms with Gasteiger partial charge in [-0.25, -0.2) is 0 Å². The van der Waals surface area contributed by atoms with Gasteiger partial charge in [0.05, 0.1) is 0 Å². The molecular formula is C11H18N2. The third kappa shape index (κ3) is 3.95. The van der Waals surface area contributed by atoms with E-state index in [4.69, 9.17) is 0 Å². The van der Waals surface area contributed by atoms with Crippen LogP contribution in [0.3, 0.4) is 0 Å². The van der Waals surface area contributed by atoms with E-state index in [1.165, 1.54) is 25.0 Å². The lowest BCUT2D eigenvalue weighted by Crippen LogP contribution is -2.10. The van der Waals surface area contributed by atoms with Crippen LogP contribution in [-0.4, -0.2) is 5.87 Å². The minimum atomic E-state index is 0.750. The Bertz CT molecular complexity index is 234. The molecular weight excluding hydrogens is 160 g/mol. The fourth-order valence-corrected chi connectivity index (χ4v) is 1.46. The predicted molar refractivity (Wildman–Crippen MR) is 56.5 cm³/mol. The molecule has 0 aromatic rings. The third-order valence-electron chi connectivity index (χ3n) is 2.24. The van der Waals surface area contributed by atoms with Crippen LogP contribution < -0.4 is 5.43 Å². The molecule has 0 saturated heterocycles. The summed E-state index contributed by atoms with van der Waals surface area (Å²) in [7, 11) is 0. The molecule has 0 fully saturated rings. The smallest absolute Gasteiger partial charge is 0.0352 e. The quantitative estimate of drug-likeness (QED) is 0.687. The van der Waals surface area contributed by atoms with Crippen molar-refractivity contribution in [2.45, 2.75) is 39.5 Å². The van der Waals surface area contributed by atoms with Crippen LogP contribution >= 0.6 is 0 Å². The molecule has 1 aliphatic heterocycles. The molecule has 13 heavy (non-hydrogen) atoms. The van der Waals surface area contributed by atoms with Crippen molar-refractivity contribution in [2.24, 2.45) is 11.0 Å². The first-order valence-corrected chi connectivity index (χ1v) is 5.06. The lowest BCUT2D eigenvalue weighted by Gasteiger charge is -2.13. The van der Waals surface area contributed by atoms with Crippen LogP contribution in [-0.2, 0) is 0 Å². The number of unbranched alkanes of at least 4 members (excludes halogenated alkanes) is 1. The predicted octanol–water partition coefficient (Wildman–Crippen LogP) is 2.83. The van der Waals surface area contributed by atoms with Gasteiger partial charge in [-0.2, -0.15) is 0 Å². The molecule has 0 radical (unpaired) electrons. The average molecular weight is 178 g/mol. The van der Waals surface area contributed by atoms with Crippen LogP contribution in [0.1, 0.15) is 39.5 Å². The van der Waals surface area contributed by atoms with Crippen LogP contribution in [0.4, 0.5) is 0 Å². The van der Waals surface area contributed by atoms with Crippen LogP contribution in [0.2, 0.25) is 0 Å². The summed E-state index contributed by atoms with van der Waals surface area (Å²) in [4.78, 5) is 0. The Labute approximate surface area is 80.4 Å². The van der Waals surface area contributed by atoms with E-state index in [9.17, 15) is 0 Å². The maximum atomic E-state index is 3.87. The van der Waals surface area contributed by atoms with Gasteiger partial charge in [-0.05, 0) is 18.4 Å². The van der Waals surface area contributed by atoms with Gasteiger partial charge in [0.25, 0.3) is 0 Å². The molecule has 1 rings (SSSR count). The van der Waals surface area contributed by atoms with Gasteiger partial charge in [-0.1, -0.05) is 33.1 Å². The molecule has 0 aromatic carbocycles. The van der Waals surface area contributed by atoms with Gasteiger partial charge in [-0.3, -0.25) is 5.43 Å². The van der Waals surface area contributed by atoms with Crippen molar-refractivity contribution in [3.05, 3.63) is 17.8 Å². The summed E-state index contributed by atoms with van der Waals surface area (Å²) in [6.07, 6.45) is 8.93. The molecule has 72 valence electrons. The molecule has 0 bridgehead atoms. The molecule has 1 N–H and O–H groups in total. The zero-order valence-electron chi connectivity index (χ0n) is 8.51. The minimum absolute atomic E-state index is 0.750. The van der Waals surface area contributed by atoms with Crippen molar-refractivity contribution in [1.29, 1.82) is 0 Å². The Morgan fingerprint density at radius 1 is 1.62 bits per heavy atom. The van der Waals surface area contributed by atoms with Crippen molar-refractivity contribution < 1.29 is 0 Å². The molecule has 2 nitrogen and oxygen atoms in total. The first kappa shape index (κ1) is 10.1. The second-order valence-corrected chi connectivity index (χ2v) is 3.66. The Kier molecular flexibility index (Phi) is 4.34. The van der Waals surface area contributed by atoms with Crippen LogP contribution in [0.5, 0.6) is 0 Å². The lowest BCUT2D eigenvalue weighted by molar-refractivity contribution is 0.489. The second-order valence-electron chi connectivity index (χ2n) is 3.66. The maximum absolute atomic E-state index is 3.87. The molecule has 2 heteroatoms. The molecule has 1 unspecified atom stereocenters. The zero-order valence-corrected chi connectivity index (χ0v) is 8.51. The SMILES string of the molecule is CCCCC(C)CC1=CC=C=NN1. The summed E-state index contributed by atoms with van der Waals surface area (Å²) in [5.41, 5.74) is 4.18. The highest BCUT2D eigenvalue weighted by Crippen LogP contribution is 2.16. The van der Waals surface area contributed by atoms with Gasteiger partial charge < -0.3 is 0 Å². The van der Waals surface area contributed by atoms with Gasteiger partial charge >= 0.3 is 0 Å². The van der Waals surface area contributed by atoms with E-state index in [-0.39, 0.29) is 0 Å². The van der Waals surface area contributed by atoms with E-state index in [1.807, 2.05) is 6.08 Å². The van der Waals surface area contributed by atoms with Crippen LogP contribution in [0.25, 0.3) is 0 Å². The van der Waals surface area contributed by atoms with Gasteiger partial charge in [-0.15, -0.1) is 5.10 Å². The summed E-state index contributed by atoms with van der Waals surface area (Å²) in [5.74, 6) is 3.49. The number of hydrazone groups is 1. The molecule has 0 saturated carbocycles. The largest absolute Gasteiger partial charge is 0.274 e. The van der Waals surface area contributed by atoms with E-state index in [1.54, 1.807) is 0 Å². The first-order chi connectivity index (χ1) is 6.33. The topological polar surface area (TPSA) is 24.4 Å². The Balaban J connectivity index is 2.24. The van der Waals surface area contributed by atoms with Gasteiger partial charge in [0.15, 0.2) is 0 Å². The van der Waals surface area contributed by atoms with Gasteiger partial charge in [0.1, 0.15) is 0 Å². The van der Waals surface area contributed by atoms with E-state index in [0.717, 1.165) is 12.3 Å². The normalized spacial score (nSPS) is 16.6. The summed E-state index contributed by atoms with van der Waals surface area (Å²) < 4.78 is 0. The highest BCUT2D eigenvalue weighted by atomic mass is 15.3. The molecule has 1 atom stereocenters. The number of rotatable bonds is 5. The Morgan fingerprint density at radius 3 is 3.08 bits per heavy atom. The number of nitrogens with one attached hydrogen (secondary N) is 1. The van der Waals surface area contributed by atoms with Crippen molar-refractivity contribution >= 4 is 5.87 Å². The van der Waals surface area contributed by atoms with Crippen molar-refractivity contribution in [3.8, 4) is 0 Å². The molecule has 0 spiro atoms. The van der Waals surface area contributed by atoms with E-state index < -0.39 is 0 Å². The number of hydrogen-bond acceptors (Lipinski definition) is 2. The van der Waals surface area contributed by atoms with Gasteiger partial charge in [0.2, 0.25) is 0 Å². The van der Waals surface area contributed by atoms with E-state index in [2.05, 4.69) is 36.3 Å². The lowest BCUT2D eigenvalue weighted by atomic mass is 9.99. The van der Waals surface area contributed by atoms with E-state index in [0.29, 0.717) is 0 Å². The van der Waals surface area contributed by atoms with Crippen molar-refractivity contribution in [3.63, 3.8) is 0 Å². The maximum Gasteiger partial charge on any atom is 0.0352 e. The number of nitrogens with zero attached hydrogens (tertiary/aromatic N) is 1. The fraction of sp³-hybridized carbons (Fsp3) is 0.636. The average Bonchev–Trinajstić information content (AvgIpc) is 2.16.